The van der Waals surface area contributed by atoms with Gasteiger partial charge in [-0.3, -0.25) is 4.79 Å². The van der Waals surface area contributed by atoms with Gasteiger partial charge in [-0.2, -0.15) is 0 Å². The molecular weight excluding hydrogens is 256 g/mol. The van der Waals surface area contributed by atoms with Crippen molar-refractivity contribution in [2.24, 2.45) is 5.92 Å². The van der Waals surface area contributed by atoms with Gasteiger partial charge in [-0.1, -0.05) is 13.8 Å². The first-order valence-electron chi connectivity index (χ1n) is 7.53. The van der Waals surface area contributed by atoms with E-state index in [1.807, 2.05) is 20.8 Å². The molecule has 1 atom stereocenters. The summed E-state index contributed by atoms with van der Waals surface area (Å²) >= 11 is 0. The first kappa shape index (κ1) is 18.7. The van der Waals surface area contributed by atoms with Crippen molar-refractivity contribution in [2.45, 2.75) is 72.4 Å². The lowest BCUT2D eigenvalue weighted by molar-refractivity contribution is -0.137. The van der Waals surface area contributed by atoms with Gasteiger partial charge in [-0.15, -0.1) is 0 Å². The quantitative estimate of drug-likeness (QED) is 0.684. The van der Waals surface area contributed by atoms with Gasteiger partial charge in [0.2, 0.25) is 0 Å². The Kier molecular flexibility index (Phi) is 9.01. The second-order valence-electron chi connectivity index (χ2n) is 6.11. The van der Waals surface area contributed by atoms with Gasteiger partial charge in [0.1, 0.15) is 0 Å². The standard InChI is InChI=1S/C15H30N2O3/c1-11(2)8-9-13(5)16-15(20)17(12(3)4)10-6-7-14(18)19/h11-13H,6-10H2,1-5H3,(H,16,20)(H,18,19). The van der Waals surface area contributed by atoms with Crippen LogP contribution in [0.1, 0.15) is 60.3 Å². The Balaban J connectivity index is 4.24. The van der Waals surface area contributed by atoms with Crippen molar-refractivity contribution in [3.8, 4) is 0 Å². The Morgan fingerprint density at radius 1 is 1.10 bits per heavy atom. The van der Waals surface area contributed by atoms with E-state index in [2.05, 4.69) is 19.2 Å². The highest BCUT2D eigenvalue weighted by Crippen LogP contribution is 2.08. The highest BCUT2D eigenvalue weighted by Gasteiger charge is 2.18. The average molecular weight is 286 g/mol. The van der Waals surface area contributed by atoms with Crippen molar-refractivity contribution >= 4 is 12.0 Å². The molecule has 1 unspecified atom stereocenters. The van der Waals surface area contributed by atoms with E-state index in [4.69, 9.17) is 5.11 Å². The molecule has 0 aromatic rings. The second-order valence-corrected chi connectivity index (χ2v) is 6.11. The highest BCUT2D eigenvalue weighted by atomic mass is 16.4. The summed E-state index contributed by atoms with van der Waals surface area (Å²) in [6.07, 6.45) is 2.63. The Morgan fingerprint density at radius 2 is 1.70 bits per heavy atom. The van der Waals surface area contributed by atoms with Crippen molar-refractivity contribution in [3.63, 3.8) is 0 Å². The van der Waals surface area contributed by atoms with E-state index in [9.17, 15) is 9.59 Å². The van der Waals surface area contributed by atoms with Crippen LogP contribution in [0.4, 0.5) is 4.79 Å². The van der Waals surface area contributed by atoms with Crippen LogP contribution in [-0.4, -0.2) is 40.6 Å². The molecule has 5 nitrogen and oxygen atoms in total. The second kappa shape index (κ2) is 9.61. The Bertz CT molecular complexity index is 303. The molecule has 0 bridgehead atoms. The summed E-state index contributed by atoms with van der Waals surface area (Å²) in [5, 5.41) is 11.6. The van der Waals surface area contributed by atoms with Gasteiger partial charge in [0.25, 0.3) is 0 Å². The van der Waals surface area contributed by atoms with E-state index in [1.54, 1.807) is 4.90 Å². The molecule has 0 aliphatic heterocycles. The van der Waals surface area contributed by atoms with Crippen LogP contribution in [0.15, 0.2) is 0 Å². The zero-order valence-electron chi connectivity index (χ0n) is 13.5. The molecule has 0 rings (SSSR count). The molecule has 0 aromatic heterocycles. The zero-order valence-corrected chi connectivity index (χ0v) is 13.5. The van der Waals surface area contributed by atoms with Crippen LogP contribution >= 0.6 is 0 Å². The molecule has 2 N–H and O–H groups in total. The summed E-state index contributed by atoms with van der Waals surface area (Å²) in [4.78, 5) is 24.4. The predicted molar refractivity (Wildman–Crippen MR) is 80.8 cm³/mol. The number of nitrogens with zero attached hydrogens (tertiary/aromatic N) is 1. The fraction of sp³-hybridized carbons (Fsp3) is 0.867. The number of urea groups is 1. The number of rotatable bonds is 9. The SMILES string of the molecule is CC(C)CCC(C)NC(=O)N(CCCC(=O)O)C(C)C. The molecule has 20 heavy (non-hydrogen) atoms. The summed E-state index contributed by atoms with van der Waals surface area (Å²) in [5.74, 6) is -0.189. The van der Waals surface area contributed by atoms with Crippen LogP contribution in [0, 0.1) is 5.92 Å². The van der Waals surface area contributed by atoms with Gasteiger partial charge in [-0.05, 0) is 46.0 Å². The molecule has 0 aliphatic carbocycles. The third kappa shape index (κ3) is 8.77. The number of nitrogens with one attached hydrogen (secondary N) is 1. The van der Waals surface area contributed by atoms with E-state index in [-0.39, 0.29) is 24.5 Å². The number of carbonyl (C=O) groups excluding carboxylic acids is 1. The van der Waals surface area contributed by atoms with Crippen LogP contribution in [0.5, 0.6) is 0 Å². The van der Waals surface area contributed by atoms with Crippen LogP contribution in [0.2, 0.25) is 0 Å². The number of hydrogen-bond acceptors (Lipinski definition) is 2. The largest absolute Gasteiger partial charge is 0.481 e. The molecule has 0 aromatic carbocycles. The molecule has 0 heterocycles. The first-order chi connectivity index (χ1) is 9.23. The van der Waals surface area contributed by atoms with Crippen molar-refractivity contribution in [2.75, 3.05) is 6.54 Å². The Labute approximate surface area is 122 Å². The summed E-state index contributed by atoms with van der Waals surface area (Å²) in [6.45, 7) is 10.7. The van der Waals surface area contributed by atoms with Gasteiger partial charge in [0.05, 0.1) is 0 Å². The number of amides is 2. The number of aliphatic carboxylic acids is 1. The van der Waals surface area contributed by atoms with Gasteiger partial charge in [0, 0.05) is 25.0 Å². The molecule has 2 amide bonds. The molecule has 0 spiro atoms. The van der Waals surface area contributed by atoms with Crippen molar-refractivity contribution in [1.82, 2.24) is 10.2 Å². The topological polar surface area (TPSA) is 69.6 Å². The van der Waals surface area contributed by atoms with Gasteiger partial charge >= 0.3 is 12.0 Å². The summed E-state index contributed by atoms with van der Waals surface area (Å²) in [6, 6.07) is 0.119. The maximum Gasteiger partial charge on any atom is 0.317 e. The van der Waals surface area contributed by atoms with Crippen molar-refractivity contribution in [3.05, 3.63) is 0 Å². The van der Waals surface area contributed by atoms with Crippen LogP contribution < -0.4 is 5.32 Å². The van der Waals surface area contributed by atoms with E-state index in [1.165, 1.54) is 0 Å². The van der Waals surface area contributed by atoms with Gasteiger partial charge in [-0.25, -0.2) is 4.79 Å². The molecular formula is C15H30N2O3. The Morgan fingerprint density at radius 3 is 2.15 bits per heavy atom. The maximum atomic E-state index is 12.2. The minimum Gasteiger partial charge on any atom is -0.481 e. The van der Waals surface area contributed by atoms with E-state index in [0.29, 0.717) is 18.9 Å². The number of carboxylic acid groups (broad SMARTS) is 1. The number of carbonyl (C=O) groups is 2. The molecule has 0 fully saturated rings. The summed E-state index contributed by atoms with van der Waals surface area (Å²) in [5.41, 5.74) is 0. The Hall–Kier alpha value is -1.26. The minimum atomic E-state index is -0.820. The third-order valence-electron chi connectivity index (χ3n) is 3.22. The highest BCUT2D eigenvalue weighted by molar-refractivity contribution is 5.75. The maximum absolute atomic E-state index is 12.2. The van der Waals surface area contributed by atoms with E-state index < -0.39 is 5.97 Å². The smallest absolute Gasteiger partial charge is 0.317 e. The fourth-order valence-corrected chi connectivity index (χ4v) is 1.94. The lowest BCUT2D eigenvalue weighted by atomic mass is 10.0. The van der Waals surface area contributed by atoms with Crippen LogP contribution in [0.3, 0.4) is 0 Å². The molecule has 0 aliphatic rings. The summed E-state index contributed by atoms with van der Waals surface area (Å²) < 4.78 is 0. The molecule has 118 valence electrons. The number of carboxylic acids is 1. The number of hydrogen-bond donors (Lipinski definition) is 2. The average Bonchev–Trinajstić information content (AvgIpc) is 2.31. The van der Waals surface area contributed by atoms with Crippen molar-refractivity contribution < 1.29 is 14.7 Å². The van der Waals surface area contributed by atoms with Crippen molar-refractivity contribution in [1.29, 1.82) is 0 Å². The monoisotopic (exact) mass is 286 g/mol. The van der Waals surface area contributed by atoms with E-state index in [0.717, 1.165) is 12.8 Å². The first-order valence-corrected chi connectivity index (χ1v) is 7.53. The third-order valence-corrected chi connectivity index (χ3v) is 3.22. The zero-order chi connectivity index (χ0) is 15.7. The molecule has 0 saturated carbocycles. The van der Waals surface area contributed by atoms with E-state index >= 15 is 0 Å². The predicted octanol–water partition coefficient (Wildman–Crippen LogP) is 3.10. The minimum absolute atomic E-state index is 0.0705. The lowest BCUT2D eigenvalue weighted by Gasteiger charge is -2.28. The molecule has 0 radical (unpaired) electrons. The lowest BCUT2D eigenvalue weighted by Crippen LogP contribution is -2.47. The van der Waals surface area contributed by atoms with Gasteiger partial charge in [0.15, 0.2) is 0 Å². The molecule has 5 heteroatoms. The van der Waals surface area contributed by atoms with Crippen LogP contribution in [-0.2, 0) is 4.79 Å². The van der Waals surface area contributed by atoms with Crippen LogP contribution in [0.25, 0.3) is 0 Å². The fourth-order valence-electron chi connectivity index (χ4n) is 1.94. The molecule has 0 saturated heterocycles. The normalized spacial score (nSPS) is 12.6. The summed E-state index contributed by atoms with van der Waals surface area (Å²) in [7, 11) is 0. The van der Waals surface area contributed by atoms with Gasteiger partial charge < -0.3 is 15.3 Å².